The molecule has 2 N–H and O–H groups in total. The molecule has 0 aliphatic rings. The fourth-order valence-corrected chi connectivity index (χ4v) is 1.60. The van der Waals surface area contributed by atoms with Crippen LogP contribution in [0, 0.1) is 5.41 Å². The summed E-state index contributed by atoms with van der Waals surface area (Å²) in [6.45, 7) is 2.73. The Morgan fingerprint density at radius 3 is 2.68 bits per heavy atom. The summed E-state index contributed by atoms with van der Waals surface area (Å²) in [6, 6.07) is 5.26. The molecule has 0 saturated heterocycles. The molecule has 19 heavy (non-hydrogen) atoms. The van der Waals surface area contributed by atoms with Gasteiger partial charge in [-0.3, -0.25) is 9.59 Å². The van der Waals surface area contributed by atoms with Gasteiger partial charge in [-0.15, -0.1) is 0 Å². The molecule has 2 rings (SSSR count). The van der Waals surface area contributed by atoms with Crippen LogP contribution in [0.4, 0.5) is 5.69 Å². The molecule has 0 unspecified atom stereocenters. The number of hydrogen-bond acceptors (Lipinski definition) is 3. The van der Waals surface area contributed by atoms with Gasteiger partial charge in [0.05, 0.1) is 17.4 Å². The zero-order chi connectivity index (χ0) is 14.2. The highest BCUT2D eigenvalue weighted by Crippen LogP contribution is 2.21. The Hall–Kier alpha value is -2.37. The van der Waals surface area contributed by atoms with Gasteiger partial charge in [0.1, 0.15) is 5.41 Å². The molecule has 0 fully saturated rings. The van der Waals surface area contributed by atoms with Gasteiger partial charge >= 0.3 is 5.97 Å². The van der Waals surface area contributed by atoms with Crippen molar-refractivity contribution in [1.82, 2.24) is 9.55 Å². The highest BCUT2D eigenvalue weighted by Gasteiger charge is 2.36. The van der Waals surface area contributed by atoms with Crippen LogP contribution in [0.2, 0.25) is 0 Å². The number of carboxylic acids is 1. The molecule has 0 spiro atoms. The van der Waals surface area contributed by atoms with Gasteiger partial charge in [-0.1, -0.05) is 0 Å². The van der Waals surface area contributed by atoms with Crippen molar-refractivity contribution in [3.05, 3.63) is 24.5 Å². The predicted octanol–water partition coefficient (Wildman–Crippen LogP) is 1.62. The van der Waals surface area contributed by atoms with Crippen molar-refractivity contribution in [1.29, 1.82) is 0 Å². The molecule has 0 radical (unpaired) electrons. The summed E-state index contributed by atoms with van der Waals surface area (Å²) in [4.78, 5) is 27.1. The zero-order valence-corrected chi connectivity index (χ0v) is 11.0. The van der Waals surface area contributed by atoms with Crippen LogP contribution in [0.15, 0.2) is 24.5 Å². The first-order valence-corrected chi connectivity index (χ1v) is 5.78. The highest BCUT2D eigenvalue weighted by molar-refractivity contribution is 6.08. The molecule has 1 amide bonds. The average Bonchev–Trinajstić information content (AvgIpc) is 2.70. The van der Waals surface area contributed by atoms with Crippen molar-refractivity contribution < 1.29 is 14.7 Å². The monoisotopic (exact) mass is 261 g/mol. The number of aryl methyl sites for hydroxylation is 1. The molecule has 0 aliphatic carbocycles. The van der Waals surface area contributed by atoms with E-state index in [0.29, 0.717) is 5.69 Å². The molecule has 6 nitrogen and oxygen atoms in total. The second-order valence-electron chi connectivity index (χ2n) is 4.94. The van der Waals surface area contributed by atoms with E-state index in [1.807, 2.05) is 17.7 Å². The van der Waals surface area contributed by atoms with Crippen LogP contribution in [0.5, 0.6) is 0 Å². The molecular formula is C13H15N3O3. The maximum Gasteiger partial charge on any atom is 0.318 e. The first-order chi connectivity index (χ1) is 8.82. The van der Waals surface area contributed by atoms with Gasteiger partial charge in [-0.05, 0) is 32.0 Å². The Balaban J connectivity index is 2.27. The number of carbonyl (C=O) groups is 2. The quantitative estimate of drug-likeness (QED) is 0.822. The van der Waals surface area contributed by atoms with Crippen molar-refractivity contribution in [3.8, 4) is 0 Å². The third-order valence-corrected chi connectivity index (χ3v) is 3.09. The Labute approximate surface area is 110 Å². The van der Waals surface area contributed by atoms with E-state index >= 15 is 0 Å². The van der Waals surface area contributed by atoms with Crippen molar-refractivity contribution in [3.63, 3.8) is 0 Å². The minimum Gasteiger partial charge on any atom is -0.480 e. The van der Waals surface area contributed by atoms with Crippen molar-refractivity contribution in [2.45, 2.75) is 13.8 Å². The van der Waals surface area contributed by atoms with Gasteiger partial charge in [0.25, 0.3) is 0 Å². The van der Waals surface area contributed by atoms with E-state index in [1.165, 1.54) is 13.8 Å². The van der Waals surface area contributed by atoms with Crippen molar-refractivity contribution in [2.75, 3.05) is 5.32 Å². The molecule has 0 aliphatic heterocycles. The summed E-state index contributed by atoms with van der Waals surface area (Å²) < 4.78 is 1.86. The Kier molecular flexibility index (Phi) is 3.01. The van der Waals surface area contributed by atoms with Crippen molar-refractivity contribution >= 4 is 28.6 Å². The minimum atomic E-state index is -1.47. The van der Waals surface area contributed by atoms with Gasteiger partial charge in [0.2, 0.25) is 5.91 Å². The first-order valence-electron chi connectivity index (χ1n) is 5.78. The van der Waals surface area contributed by atoms with E-state index in [4.69, 9.17) is 5.11 Å². The second kappa shape index (κ2) is 4.38. The van der Waals surface area contributed by atoms with Crippen LogP contribution < -0.4 is 5.32 Å². The summed E-state index contributed by atoms with van der Waals surface area (Å²) in [7, 11) is 1.88. The third-order valence-electron chi connectivity index (χ3n) is 3.09. The van der Waals surface area contributed by atoms with Crippen LogP contribution in [0.3, 0.4) is 0 Å². The molecule has 1 aromatic heterocycles. The molecular weight excluding hydrogens is 246 g/mol. The van der Waals surface area contributed by atoms with Gasteiger partial charge < -0.3 is 15.0 Å². The number of rotatable bonds is 3. The maximum absolute atomic E-state index is 11.9. The fraction of sp³-hybridized carbons (Fsp3) is 0.308. The van der Waals surface area contributed by atoms with Crippen LogP contribution in [0.25, 0.3) is 11.0 Å². The number of anilines is 1. The smallest absolute Gasteiger partial charge is 0.318 e. The maximum atomic E-state index is 11.9. The molecule has 0 saturated carbocycles. The standard InChI is InChI=1S/C13H15N3O3/c1-13(2,12(18)19)11(17)15-8-4-5-10-9(6-8)14-7-16(10)3/h4-7H,1-3H3,(H,15,17)(H,18,19). The lowest BCUT2D eigenvalue weighted by Crippen LogP contribution is -2.37. The van der Waals surface area contributed by atoms with E-state index in [2.05, 4.69) is 10.3 Å². The lowest BCUT2D eigenvalue weighted by atomic mass is 9.92. The lowest BCUT2D eigenvalue weighted by molar-refractivity contribution is -0.151. The zero-order valence-electron chi connectivity index (χ0n) is 11.0. The lowest BCUT2D eigenvalue weighted by Gasteiger charge is -2.18. The van der Waals surface area contributed by atoms with Crippen LogP contribution in [-0.4, -0.2) is 26.5 Å². The number of carboxylic acid groups (broad SMARTS) is 1. The van der Waals surface area contributed by atoms with Gasteiger partial charge in [0.15, 0.2) is 0 Å². The van der Waals surface area contributed by atoms with Crippen LogP contribution in [-0.2, 0) is 16.6 Å². The molecule has 1 aromatic carbocycles. The van der Waals surface area contributed by atoms with E-state index in [0.717, 1.165) is 11.0 Å². The predicted molar refractivity (Wildman–Crippen MR) is 70.8 cm³/mol. The van der Waals surface area contributed by atoms with Gasteiger partial charge in [-0.25, -0.2) is 4.98 Å². The number of carbonyl (C=O) groups excluding carboxylic acids is 1. The summed E-state index contributed by atoms with van der Waals surface area (Å²) in [5.74, 6) is -1.72. The first kappa shape index (κ1) is 13.1. The number of hydrogen-bond donors (Lipinski definition) is 2. The van der Waals surface area contributed by atoms with E-state index < -0.39 is 17.3 Å². The number of nitrogens with one attached hydrogen (secondary N) is 1. The minimum absolute atomic E-state index is 0.533. The number of fused-ring (bicyclic) bond motifs is 1. The molecule has 0 bridgehead atoms. The summed E-state index contributed by atoms with van der Waals surface area (Å²) in [6.07, 6.45) is 1.68. The molecule has 100 valence electrons. The van der Waals surface area contributed by atoms with Crippen LogP contribution >= 0.6 is 0 Å². The van der Waals surface area contributed by atoms with Crippen LogP contribution in [0.1, 0.15) is 13.8 Å². The summed E-state index contributed by atoms with van der Waals surface area (Å²) >= 11 is 0. The summed E-state index contributed by atoms with van der Waals surface area (Å²) in [5, 5.41) is 11.6. The number of imidazole rings is 1. The summed E-state index contributed by atoms with van der Waals surface area (Å²) in [5.41, 5.74) is 0.744. The Bertz CT molecular complexity index is 658. The van der Waals surface area contributed by atoms with E-state index in [9.17, 15) is 9.59 Å². The number of amides is 1. The second-order valence-corrected chi connectivity index (χ2v) is 4.94. The van der Waals surface area contributed by atoms with E-state index in [1.54, 1.807) is 18.5 Å². The van der Waals surface area contributed by atoms with Crippen molar-refractivity contribution in [2.24, 2.45) is 12.5 Å². The molecule has 0 atom stereocenters. The average molecular weight is 261 g/mol. The third kappa shape index (κ3) is 2.29. The Morgan fingerprint density at radius 2 is 2.05 bits per heavy atom. The van der Waals surface area contributed by atoms with Gasteiger partial charge in [-0.2, -0.15) is 0 Å². The van der Waals surface area contributed by atoms with Gasteiger partial charge in [0, 0.05) is 12.7 Å². The normalized spacial score (nSPS) is 11.5. The number of aromatic nitrogens is 2. The Morgan fingerprint density at radius 1 is 1.37 bits per heavy atom. The highest BCUT2D eigenvalue weighted by atomic mass is 16.4. The SMILES string of the molecule is Cn1cnc2cc(NC(=O)C(C)(C)C(=O)O)ccc21. The number of nitrogens with zero attached hydrogens (tertiary/aromatic N) is 2. The number of aliphatic carboxylic acids is 1. The van der Waals surface area contributed by atoms with E-state index in [-0.39, 0.29) is 0 Å². The number of benzene rings is 1. The molecule has 6 heteroatoms. The fourth-order valence-electron chi connectivity index (χ4n) is 1.60. The molecule has 1 heterocycles. The molecule has 2 aromatic rings. The largest absolute Gasteiger partial charge is 0.480 e. The topological polar surface area (TPSA) is 84.2 Å².